The average Bonchev–Trinajstić information content (AvgIpc) is 3.25. The summed E-state index contributed by atoms with van der Waals surface area (Å²) in [6, 6.07) is 13.5. The van der Waals surface area contributed by atoms with Crippen LogP contribution in [0, 0.1) is 0 Å². The summed E-state index contributed by atoms with van der Waals surface area (Å²) in [5.41, 5.74) is 10.9. The molecule has 0 saturated carbocycles. The van der Waals surface area contributed by atoms with Crippen LogP contribution in [0.4, 0.5) is 57.4 Å². The molecule has 10 N–H and O–H groups in total. The van der Waals surface area contributed by atoms with E-state index in [1.165, 1.54) is 30.3 Å². The maximum Gasteiger partial charge on any atom is 0.296 e. The SMILES string of the molecule is Nc1cc(N)c(N=Nc2ccc(S(=O)(=O)CCOSOOO)cc2S(=O)(=O)O)cc1N=Nc1cc(Nc2nc(Cl)nc(Nc3ccc(S(=O)(=O)CCOSOOO)cc3)n2)ccc1S(=O)(=O)O. The number of nitrogens with one attached hydrogen (secondary N) is 2. The van der Waals surface area contributed by atoms with Gasteiger partial charge in [-0.3, -0.25) is 17.5 Å². The van der Waals surface area contributed by atoms with Crippen molar-refractivity contribution in [1.82, 2.24) is 15.0 Å². The van der Waals surface area contributed by atoms with Crippen LogP contribution >= 0.6 is 36.2 Å². The van der Waals surface area contributed by atoms with Crippen molar-refractivity contribution in [1.29, 1.82) is 0 Å². The van der Waals surface area contributed by atoms with Crippen LogP contribution in [0.15, 0.2) is 113 Å². The number of rotatable bonds is 24. The molecule has 0 radical (unpaired) electrons. The Morgan fingerprint density at radius 2 is 1.04 bits per heavy atom. The fraction of sp³-hybridized carbons (Fsp3) is 0.129. The number of halogens is 1. The molecule has 0 saturated heterocycles. The van der Waals surface area contributed by atoms with Crippen molar-refractivity contribution >= 4 is 134 Å². The van der Waals surface area contributed by atoms with E-state index in [9.17, 15) is 42.8 Å². The smallest absolute Gasteiger partial charge is 0.296 e. The van der Waals surface area contributed by atoms with Gasteiger partial charge in [-0.25, -0.2) is 27.4 Å². The van der Waals surface area contributed by atoms with Crippen molar-refractivity contribution in [2.45, 2.75) is 19.6 Å². The average molecular weight is 1070 g/mol. The Hall–Kier alpha value is -5.32. The zero-order valence-electron chi connectivity index (χ0n) is 32.9. The van der Waals surface area contributed by atoms with Gasteiger partial charge in [0.2, 0.25) is 17.2 Å². The third-order valence-electron chi connectivity index (χ3n) is 7.93. The predicted octanol–water partition coefficient (Wildman–Crippen LogP) is 6.05. The number of sulfone groups is 2. The Morgan fingerprint density at radius 1 is 0.567 bits per heavy atom. The summed E-state index contributed by atoms with van der Waals surface area (Å²) < 4.78 is 137. The second-order valence-corrected chi connectivity index (χ2v) is 20.7. The highest BCUT2D eigenvalue weighted by Crippen LogP contribution is 2.38. The predicted molar refractivity (Wildman–Crippen MR) is 235 cm³/mol. The Balaban J connectivity index is 1.36. The third kappa shape index (κ3) is 15.3. The summed E-state index contributed by atoms with van der Waals surface area (Å²) in [5, 5.41) is 43.7. The van der Waals surface area contributed by atoms with Crippen LogP contribution in [0.5, 0.6) is 0 Å². The first kappa shape index (κ1) is 52.6. The highest BCUT2D eigenvalue weighted by Gasteiger charge is 2.23. The number of aromatic nitrogens is 3. The zero-order chi connectivity index (χ0) is 49.0. The van der Waals surface area contributed by atoms with Crippen molar-refractivity contribution in [2.75, 3.05) is 46.8 Å². The molecule has 0 atom stereocenters. The molecular formula is C31H30ClN11O18S6. The molecule has 0 aliphatic carbocycles. The van der Waals surface area contributed by atoms with Crippen LogP contribution in [-0.2, 0) is 67.0 Å². The Bertz CT molecular complexity index is 3100. The van der Waals surface area contributed by atoms with Gasteiger partial charge in [0.15, 0.2) is 44.3 Å². The fourth-order valence-corrected chi connectivity index (χ4v) is 9.32. The van der Waals surface area contributed by atoms with E-state index in [0.717, 1.165) is 36.4 Å². The Kier molecular flexibility index (Phi) is 18.2. The van der Waals surface area contributed by atoms with Crippen LogP contribution in [0.3, 0.4) is 0 Å². The molecular weight excluding hydrogens is 1040 g/mol. The lowest BCUT2D eigenvalue weighted by molar-refractivity contribution is -0.434. The van der Waals surface area contributed by atoms with Gasteiger partial charge in [-0.05, 0) is 84.4 Å². The minimum Gasteiger partial charge on any atom is -0.397 e. The van der Waals surface area contributed by atoms with E-state index in [1.54, 1.807) is 0 Å². The molecule has 29 nitrogen and oxygen atoms in total. The highest BCUT2D eigenvalue weighted by atomic mass is 35.5. The quantitative estimate of drug-likeness (QED) is 0.00663. The molecule has 0 bridgehead atoms. The van der Waals surface area contributed by atoms with Crippen LogP contribution in [0.25, 0.3) is 0 Å². The molecule has 1 aromatic heterocycles. The second kappa shape index (κ2) is 23.1. The minimum absolute atomic E-state index is 0.0508. The standard InChI is InChI=1S/C31H30ClN11O18S6/c32-29-37-30(35-17-1-4-19(5-2-17)64(46,47)11-9-56-62-60-58-44)39-31(38-29)36-18-3-8-27(66(50,51)52)26(13-18)43-42-25-16-24(21(33)15-22(25)34)41-40-23-7-6-20(14-28(23)67(53,54)55)65(48,49)12-10-57-63-61-59-45/h1-8,13-16,44-45H,9-12,33-34H2,(H,50,51,52)(H,53,54,55)(H2,35,36,37,38,39). The van der Waals surface area contributed by atoms with Crippen LogP contribution < -0.4 is 22.1 Å². The minimum atomic E-state index is -5.11. The third-order valence-corrected chi connectivity index (χ3v) is 14.0. The van der Waals surface area contributed by atoms with Gasteiger partial charge in [0.25, 0.3) is 20.2 Å². The van der Waals surface area contributed by atoms with Crippen molar-refractivity contribution < 1.29 is 80.4 Å². The number of benzene rings is 4. The molecule has 4 aromatic carbocycles. The van der Waals surface area contributed by atoms with E-state index in [-0.39, 0.29) is 81.8 Å². The molecule has 5 rings (SSSR count). The zero-order valence-corrected chi connectivity index (χ0v) is 38.5. The van der Waals surface area contributed by atoms with Gasteiger partial charge in [-0.15, -0.1) is 29.1 Å². The number of nitrogen functional groups attached to an aromatic ring is 2. The first-order valence-electron chi connectivity index (χ1n) is 17.4. The van der Waals surface area contributed by atoms with Gasteiger partial charge in [-0.2, -0.15) is 31.8 Å². The van der Waals surface area contributed by atoms with Gasteiger partial charge in [0, 0.05) is 11.4 Å². The molecule has 360 valence electrons. The number of anilines is 6. The van der Waals surface area contributed by atoms with Crippen molar-refractivity contribution in [3.63, 3.8) is 0 Å². The highest BCUT2D eigenvalue weighted by molar-refractivity contribution is 7.92. The number of nitrogens with zero attached hydrogens (tertiary/aromatic N) is 7. The fourth-order valence-electron chi connectivity index (χ4n) is 4.99. The van der Waals surface area contributed by atoms with Gasteiger partial charge in [-0.1, -0.05) is 10.1 Å². The van der Waals surface area contributed by atoms with E-state index >= 15 is 0 Å². The maximum atomic E-state index is 12.8. The monoisotopic (exact) mass is 1070 g/mol. The summed E-state index contributed by atoms with van der Waals surface area (Å²) in [4.78, 5) is 9.91. The number of azo groups is 2. The number of nitrogens with two attached hydrogens (primary N) is 2. The molecule has 67 heavy (non-hydrogen) atoms. The van der Waals surface area contributed by atoms with E-state index in [0.29, 0.717) is 11.8 Å². The summed E-state index contributed by atoms with van der Waals surface area (Å²) in [7, 11) is -18.0. The lowest BCUT2D eigenvalue weighted by atomic mass is 10.2. The summed E-state index contributed by atoms with van der Waals surface area (Å²) in [5.74, 6) is -1.43. The van der Waals surface area contributed by atoms with Crippen LogP contribution in [-0.4, -0.2) is 93.0 Å². The van der Waals surface area contributed by atoms with E-state index in [4.69, 9.17) is 41.9 Å². The normalized spacial score (nSPS) is 12.6. The molecule has 0 spiro atoms. The second-order valence-electron chi connectivity index (χ2n) is 12.4. The largest absolute Gasteiger partial charge is 0.397 e. The van der Waals surface area contributed by atoms with Gasteiger partial charge in [0.05, 0.1) is 45.9 Å². The first-order valence-corrected chi connectivity index (χ1v) is 25.3. The number of hydrogen-bond donors (Lipinski definition) is 8. The van der Waals surface area contributed by atoms with Crippen molar-refractivity contribution in [2.24, 2.45) is 20.5 Å². The molecule has 36 heteroatoms. The summed E-state index contributed by atoms with van der Waals surface area (Å²) in [6.07, 6.45) is 0. The molecule has 0 amide bonds. The molecule has 5 aromatic rings. The molecule has 0 aliphatic heterocycles. The topological polar surface area (TPSA) is 437 Å². The van der Waals surface area contributed by atoms with E-state index in [2.05, 4.69) is 64.8 Å². The van der Waals surface area contributed by atoms with Gasteiger partial charge >= 0.3 is 0 Å². The number of hydrogen-bond acceptors (Lipinski definition) is 29. The van der Waals surface area contributed by atoms with Gasteiger partial charge < -0.3 is 22.1 Å². The molecule has 0 unspecified atom stereocenters. The summed E-state index contributed by atoms with van der Waals surface area (Å²) in [6.45, 7) is -0.791. The van der Waals surface area contributed by atoms with Crippen molar-refractivity contribution in [3.05, 3.63) is 78.1 Å². The van der Waals surface area contributed by atoms with Crippen LogP contribution in [0.1, 0.15) is 0 Å². The molecule has 0 aliphatic rings. The van der Waals surface area contributed by atoms with Crippen LogP contribution in [0.2, 0.25) is 5.28 Å². The van der Waals surface area contributed by atoms with Crippen molar-refractivity contribution in [3.8, 4) is 0 Å². The Labute approximate surface area is 391 Å². The summed E-state index contributed by atoms with van der Waals surface area (Å²) >= 11 is 6.48. The Morgan fingerprint density at radius 3 is 1.58 bits per heavy atom. The first-order chi connectivity index (χ1) is 31.6. The lowest BCUT2D eigenvalue weighted by Crippen LogP contribution is -2.12. The van der Waals surface area contributed by atoms with Gasteiger partial charge in [0.1, 0.15) is 32.5 Å². The molecule has 0 fully saturated rings. The molecule has 1 heterocycles. The van der Waals surface area contributed by atoms with E-state index in [1.807, 2.05) is 0 Å². The lowest BCUT2D eigenvalue weighted by Gasteiger charge is -2.10. The maximum absolute atomic E-state index is 12.8. The van der Waals surface area contributed by atoms with E-state index < -0.39 is 84.1 Å².